The number of aryl methyl sites for hydroxylation is 1. The molecule has 1 heterocycles. The van der Waals surface area contributed by atoms with E-state index >= 15 is 0 Å². The molecule has 61 heavy (non-hydrogen) atoms. The topological polar surface area (TPSA) is 161 Å². The summed E-state index contributed by atoms with van der Waals surface area (Å²) in [5.41, 5.74) is 2.45. The predicted octanol–water partition coefficient (Wildman–Crippen LogP) is 9.29. The van der Waals surface area contributed by atoms with Gasteiger partial charge in [-0.2, -0.15) is 0 Å². The number of ether oxygens (including phenoxy) is 2. The molecule has 0 saturated heterocycles. The van der Waals surface area contributed by atoms with Crippen molar-refractivity contribution in [2.24, 2.45) is 4.99 Å². The van der Waals surface area contributed by atoms with Crippen LogP contribution in [-0.2, 0) is 19.6 Å². The van der Waals surface area contributed by atoms with Crippen LogP contribution in [0.4, 0.5) is 17.1 Å². The van der Waals surface area contributed by atoms with Crippen LogP contribution in [0.2, 0.25) is 0 Å². The Labute approximate surface area is 362 Å². The second kappa shape index (κ2) is 24.4. The van der Waals surface area contributed by atoms with Crippen molar-refractivity contribution in [3.8, 4) is 5.75 Å². The molecule has 0 spiro atoms. The number of benzene rings is 3. The molecule has 0 aliphatic rings. The summed E-state index contributed by atoms with van der Waals surface area (Å²) in [4.78, 5) is 53.5. The molecule has 4 aromatic rings. The third kappa shape index (κ3) is 14.8. The second-order valence-corrected chi connectivity index (χ2v) is 17.6. The fraction of sp³-hybridized carbons (Fsp3) is 0.511. The van der Waals surface area contributed by atoms with Crippen LogP contribution in [0, 0.1) is 6.92 Å². The van der Waals surface area contributed by atoms with Gasteiger partial charge >= 0.3 is 5.97 Å². The molecule has 0 unspecified atom stereocenters. The summed E-state index contributed by atoms with van der Waals surface area (Å²) in [6, 6.07) is 16.8. The Balaban J connectivity index is 1.57. The van der Waals surface area contributed by atoms with Gasteiger partial charge in [0.2, 0.25) is 10.0 Å². The number of hydrogen-bond donors (Lipinski definition) is 2. The maximum atomic E-state index is 14.6. The van der Waals surface area contributed by atoms with E-state index in [0.717, 1.165) is 36.8 Å². The van der Waals surface area contributed by atoms with Crippen LogP contribution >= 0.6 is 0 Å². The van der Waals surface area contributed by atoms with Crippen LogP contribution in [0.5, 0.6) is 5.75 Å². The summed E-state index contributed by atoms with van der Waals surface area (Å²) in [6.45, 7) is 11.3. The van der Waals surface area contributed by atoms with Gasteiger partial charge in [0, 0.05) is 31.4 Å². The van der Waals surface area contributed by atoms with E-state index in [1.165, 1.54) is 75.5 Å². The number of nitrogens with zero attached hydrogens (tertiary/aromatic N) is 4. The van der Waals surface area contributed by atoms with E-state index in [1.807, 2.05) is 44.7 Å². The molecule has 0 aliphatic heterocycles. The first-order chi connectivity index (χ1) is 29.3. The summed E-state index contributed by atoms with van der Waals surface area (Å²) in [6.07, 6.45) is 15.6. The number of fused-ring (bicyclic) bond motifs is 1. The van der Waals surface area contributed by atoms with E-state index in [4.69, 9.17) is 19.5 Å². The Morgan fingerprint density at radius 2 is 1.54 bits per heavy atom. The number of unbranched alkanes of at least 4 members (excludes halogenated alkanes) is 11. The molecule has 0 bridgehead atoms. The van der Waals surface area contributed by atoms with Crippen LogP contribution in [0.3, 0.4) is 0 Å². The number of aliphatic imine (C=N–C) groups is 1. The Morgan fingerprint density at radius 1 is 0.885 bits per heavy atom. The standard InChI is InChI=1S/C47H66N6O7S/c1-8-10-11-12-13-14-15-16-17-18-19-22-31-60-47(56)36-25-28-42(59-6)41(33-36)51-45(54)43(44-50-40-24-21-20-23-38(40)46(55)53(44)34(3)4)49-39-27-26-37(32-35(39)5)52(9-2)30-29-48-61(7,57)58/h20-21,23-28,32-34,48H,8-19,22,29-31H2,1-7H3,(H,51,54). The van der Waals surface area contributed by atoms with Crippen LogP contribution in [0.25, 0.3) is 10.9 Å². The van der Waals surface area contributed by atoms with Gasteiger partial charge in [0.25, 0.3) is 11.5 Å². The third-order valence-corrected chi connectivity index (χ3v) is 11.3. The van der Waals surface area contributed by atoms with E-state index in [-0.39, 0.29) is 34.9 Å². The number of para-hydroxylation sites is 1. The Morgan fingerprint density at radius 3 is 2.15 bits per heavy atom. The van der Waals surface area contributed by atoms with E-state index in [2.05, 4.69) is 17.0 Å². The number of amides is 1. The van der Waals surface area contributed by atoms with E-state index in [1.54, 1.807) is 42.5 Å². The van der Waals surface area contributed by atoms with Gasteiger partial charge in [-0.25, -0.2) is 27.9 Å². The number of hydrogen-bond acceptors (Lipinski definition) is 10. The van der Waals surface area contributed by atoms with Crippen LogP contribution in [0.1, 0.15) is 133 Å². The molecule has 0 atom stereocenters. The minimum Gasteiger partial charge on any atom is -0.495 e. The molecule has 0 aliphatic carbocycles. The van der Waals surface area contributed by atoms with Crippen LogP contribution in [-0.4, -0.2) is 75.2 Å². The molecule has 1 aromatic heterocycles. The lowest BCUT2D eigenvalue weighted by Crippen LogP contribution is -2.35. The summed E-state index contributed by atoms with van der Waals surface area (Å²) in [7, 11) is -1.87. The van der Waals surface area contributed by atoms with E-state index in [0.29, 0.717) is 42.0 Å². The molecule has 14 heteroatoms. The average molecular weight is 859 g/mol. The minimum atomic E-state index is -3.34. The number of aromatic nitrogens is 2. The Hall–Kier alpha value is -5.08. The van der Waals surface area contributed by atoms with Gasteiger partial charge in [-0.15, -0.1) is 0 Å². The van der Waals surface area contributed by atoms with E-state index < -0.39 is 27.9 Å². The highest BCUT2D eigenvalue weighted by atomic mass is 32.2. The van der Waals surface area contributed by atoms with Crippen LogP contribution < -0.4 is 25.2 Å². The summed E-state index contributed by atoms with van der Waals surface area (Å²) in [5.74, 6) is -0.812. The van der Waals surface area contributed by atoms with E-state index in [9.17, 15) is 22.8 Å². The van der Waals surface area contributed by atoms with Crippen molar-refractivity contribution in [2.75, 3.05) is 49.8 Å². The summed E-state index contributed by atoms with van der Waals surface area (Å²) < 4.78 is 38.5. The fourth-order valence-electron chi connectivity index (χ4n) is 7.22. The van der Waals surface area contributed by atoms with Crippen LogP contribution in [0.15, 0.2) is 70.5 Å². The van der Waals surface area contributed by atoms with Crippen molar-refractivity contribution in [2.45, 2.75) is 118 Å². The number of nitrogens with one attached hydrogen (secondary N) is 2. The smallest absolute Gasteiger partial charge is 0.338 e. The molecule has 0 radical (unpaired) electrons. The lowest BCUT2D eigenvalue weighted by molar-refractivity contribution is -0.110. The summed E-state index contributed by atoms with van der Waals surface area (Å²) in [5, 5.41) is 3.30. The SMILES string of the molecule is CCCCCCCCCCCCCCOC(=O)c1ccc(OC)c(NC(=O)C(=Nc2ccc(N(CC)CCNS(C)(=O)=O)cc2C)c2nc3ccccc3c(=O)n2C(C)C)c1. The highest BCUT2D eigenvalue weighted by molar-refractivity contribution is 7.88. The zero-order valence-electron chi connectivity index (χ0n) is 37.2. The molecule has 3 aromatic carbocycles. The second-order valence-electron chi connectivity index (χ2n) is 15.8. The lowest BCUT2D eigenvalue weighted by atomic mass is 10.1. The van der Waals surface area contributed by atoms with Gasteiger partial charge in [0.05, 0.1) is 47.8 Å². The number of carbonyl (C=O) groups excluding carboxylic acids is 2. The normalized spacial score (nSPS) is 11.9. The fourth-order valence-corrected chi connectivity index (χ4v) is 7.68. The van der Waals surface area contributed by atoms with Crippen molar-refractivity contribution >= 4 is 55.6 Å². The van der Waals surface area contributed by atoms with Gasteiger partial charge in [0.1, 0.15) is 5.75 Å². The van der Waals surface area contributed by atoms with Crippen molar-refractivity contribution < 1.29 is 27.5 Å². The lowest BCUT2D eigenvalue weighted by Gasteiger charge is -2.24. The predicted molar refractivity (Wildman–Crippen MR) is 247 cm³/mol. The number of carbonyl (C=O) groups is 2. The minimum absolute atomic E-state index is 0.0682. The third-order valence-electron chi connectivity index (χ3n) is 10.6. The van der Waals surface area contributed by atoms with Crippen molar-refractivity contribution in [3.63, 3.8) is 0 Å². The van der Waals surface area contributed by atoms with Gasteiger partial charge in [-0.1, -0.05) is 89.7 Å². The van der Waals surface area contributed by atoms with Gasteiger partial charge < -0.3 is 19.7 Å². The molecular weight excluding hydrogens is 793 g/mol. The maximum absolute atomic E-state index is 14.6. The zero-order valence-corrected chi connectivity index (χ0v) is 38.0. The Kier molecular flexibility index (Phi) is 19.4. The molecular formula is C47H66N6O7S. The molecule has 1 amide bonds. The van der Waals surface area contributed by atoms with Crippen molar-refractivity contribution in [1.29, 1.82) is 0 Å². The number of sulfonamides is 1. The van der Waals surface area contributed by atoms with Crippen molar-refractivity contribution in [3.05, 3.63) is 88.0 Å². The molecule has 0 fully saturated rings. The number of esters is 1. The van der Waals surface area contributed by atoms with Gasteiger partial charge in [-0.05, 0) is 88.2 Å². The largest absolute Gasteiger partial charge is 0.495 e. The number of anilines is 2. The highest BCUT2D eigenvalue weighted by Crippen LogP contribution is 2.29. The number of likely N-dealkylation sites (N-methyl/N-ethyl adjacent to an activating group) is 1. The van der Waals surface area contributed by atoms with Gasteiger partial charge in [0.15, 0.2) is 11.5 Å². The van der Waals surface area contributed by atoms with Gasteiger partial charge in [-0.3, -0.25) is 14.2 Å². The first-order valence-electron chi connectivity index (χ1n) is 21.8. The van der Waals surface area contributed by atoms with Crippen molar-refractivity contribution in [1.82, 2.24) is 14.3 Å². The first-order valence-corrected chi connectivity index (χ1v) is 23.7. The molecule has 0 saturated carbocycles. The monoisotopic (exact) mass is 858 g/mol. The number of rotatable bonds is 26. The summed E-state index contributed by atoms with van der Waals surface area (Å²) >= 11 is 0. The zero-order chi connectivity index (χ0) is 44.4. The maximum Gasteiger partial charge on any atom is 0.338 e. The Bertz CT molecular complexity index is 2270. The molecule has 332 valence electrons. The quantitative estimate of drug-likeness (QED) is 0.0356. The number of methoxy groups -OCH3 is 1. The molecule has 2 N–H and O–H groups in total. The molecule has 4 rings (SSSR count). The molecule has 13 nitrogen and oxygen atoms in total. The average Bonchev–Trinajstić information content (AvgIpc) is 3.23. The first kappa shape index (κ1) is 48.6. The highest BCUT2D eigenvalue weighted by Gasteiger charge is 2.26.